The van der Waals surface area contributed by atoms with Crippen molar-refractivity contribution in [2.75, 3.05) is 0 Å². The molecule has 17 heavy (non-hydrogen) atoms. The topological polar surface area (TPSA) is 69.7 Å². The number of benzene rings is 1. The first-order valence-corrected chi connectivity index (χ1v) is 4.86. The van der Waals surface area contributed by atoms with Crippen LogP contribution in [0.2, 0.25) is 0 Å². The van der Waals surface area contributed by atoms with Crippen LogP contribution >= 0.6 is 0 Å². The fourth-order valence-corrected chi connectivity index (χ4v) is 1.27. The highest BCUT2D eigenvalue weighted by atomic mass is 16.5. The van der Waals surface area contributed by atoms with Gasteiger partial charge in [-0.05, 0) is 18.2 Å². The summed E-state index contributed by atoms with van der Waals surface area (Å²) < 4.78 is 5.46. The van der Waals surface area contributed by atoms with Gasteiger partial charge in [0.05, 0.1) is 11.1 Å². The molecule has 0 atom stereocenters. The molecule has 0 radical (unpaired) electrons. The van der Waals surface area contributed by atoms with Crippen LogP contribution in [0.1, 0.15) is 11.1 Å². The first-order valence-electron chi connectivity index (χ1n) is 4.86. The van der Waals surface area contributed by atoms with E-state index in [4.69, 9.17) is 15.3 Å². The number of hydrogen-bond acceptors (Lipinski definition) is 4. The summed E-state index contributed by atoms with van der Waals surface area (Å²) in [6, 6.07) is 14.1. The van der Waals surface area contributed by atoms with Crippen LogP contribution in [0.15, 0.2) is 42.6 Å². The monoisotopic (exact) mass is 221 g/mol. The van der Waals surface area contributed by atoms with Crippen molar-refractivity contribution in [2.45, 2.75) is 0 Å². The first-order chi connectivity index (χ1) is 8.33. The summed E-state index contributed by atoms with van der Waals surface area (Å²) in [6.45, 7) is 0. The molecule has 2 rings (SSSR count). The van der Waals surface area contributed by atoms with E-state index in [2.05, 4.69) is 4.98 Å². The molecule has 0 unspecified atom stereocenters. The summed E-state index contributed by atoms with van der Waals surface area (Å²) in [5, 5.41) is 17.5. The number of nitrogens with zero attached hydrogens (tertiary/aromatic N) is 3. The van der Waals surface area contributed by atoms with E-state index >= 15 is 0 Å². The quantitative estimate of drug-likeness (QED) is 0.781. The highest BCUT2D eigenvalue weighted by molar-refractivity contribution is 5.44. The SMILES string of the molecule is N#Cc1ccc(Oc2ccccc2C#N)nc1. The van der Waals surface area contributed by atoms with E-state index in [-0.39, 0.29) is 0 Å². The summed E-state index contributed by atoms with van der Waals surface area (Å²) in [4.78, 5) is 3.97. The van der Waals surface area contributed by atoms with Crippen LogP contribution < -0.4 is 4.74 Å². The van der Waals surface area contributed by atoms with Gasteiger partial charge < -0.3 is 4.74 Å². The molecule has 80 valence electrons. The minimum atomic E-state index is 0.353. The third kappa shape index (κ3) is 2.39. The average molecular weight is 221 g/mol. The summed E-state index contributed by atoms with van der Waals surface area (Å²) in [7, 11) is 0. The molecule has 0 N–H and O–H groups in total. The Morgan fingerprint density at radius 3 is 2.47 bits per heavy atom. The lowest BCUT2D eigenvalue weighted by molar-refractivity contribution is 0.461. The molecule has 0 bridgehead atoms. The lowest BCUT2D eigenvalue weighted by Gasteiger charge is -2.05. The van der Waals surface area contributed by atoms with Crippen molar-refractivity contribution in [2.24, 2.45) is 0 Å². The number of pyridine rings is 1. The number of ether oxygens (including phenoxy) is 1. The third-order valence-corrected chi connectivity index (χ3v) is 2.09. The lowest BCUT2D eigenvalue weighted by Crippen LogP contribution is -1.90. The number of rotatable bonds is 2. The van der Waals surface area contributed by atoms with Gasteiger partial charge in [0, 0.05) is 12.3 Å². The van der Waals surface area contributed by atoms with E-state index in [0.717, 1.165) is 0 Å². The Hall–Kier alpha value is -2.85. The molecule has 0 aliphatic carbocycles. The molecule has 0 fully saturated rings. The maximum Gasteiger partial charge on any atom is 0.219 e. The second-order valence-corrected chi connectivity index (χ2v) is 3.21. The Bertz CT molecular complexity index is 606. The molecule has 2 aromatic rings. The molecule has 1 aromatic carbocycles. The first kappa shape index (κ1) is 10.7. The van der Waals surface area contributed by atoms with Crippen molar-refractivity contribution in [1.82, 2.24) is 4.98 Å². The zero-order valence-electron chi connectivity index (χ0n) is 8.79. The van der Waals surface area contributed by atoms with Crippen molar-refractivity contribution in [3.05, 3.63) is 53.7 Å². The van der Waals surface area contributed by atoms with Gasteiger partial charge in [0.25, 0.3) is 0 Å². The highest BCUT2D eigenvalue weighted by Gasteiger charge is 2.04. The Labute approximate surface area is 98.3 Å². The number of aromatic nitrogens is 1. The Morgan fingerprint density at radius 2 is 1.82 bits per heavy atom. The van der Waals surface area contributed by atoms with Crippen LogP contribution in [-0.4, -0.2) is 4.98 Å². The molecule has 0 aliphatic heterocycles. The highest BCUT2D eigenvalue weighted by Crippen LogP contribution is 2.22. The molecule has 1 aromatic heterocycles. The van der Waals surface area contributed by atoms with E-state index in [0.29, 0.717) is 22.8 Å². The average Bonchev–Trinajstić information content (AvgIpc) is 2.40. The molecule has 0 saturated heterocycles. The largest absolute Gasteiger partial charge is 0.438 e. The molecular formula is C13H7N3O. The second-order valence-electron chi connectivity index (χ2n) is 3.21. The van der Waals surface area contributed by atoms with Gasteiger partial charge in [-0.15, -0.1) is 0 Å². The number of nitriles is 2. The van der Waals surface area contributed by atoms with Gasteiger partial charge in [-0.2, -0.15) is 10.5 Å². The Balaban J connectivity index is 2.26. The van der Waals surface area contributed by atoms with Gasteiger partial charge in [0.15, 0.2) is 0 Å². The normalized spacial score (nSPS) is 9.06. The molecule has 0 saturated carbocycles. The van der Waals surface area contributed by atoms with Crippen molar-refractivity contribution in [1.29, 1.82) is 10.5 Å². The van der Waals surface area contributed by atoms with Crippen molar-refractivity contribution < 1.29 is 4.74 Å². The van der Waals surface area contributed by atoms with Crippen LogP contribution in [0.3, 0.4) is 0 Å². The van der Waals surface area contributed by atoms with Crippen LogP contribution in [0.5, 0.6) is 11.6 Å². The maximum absolute atomic E-state index is 8.89. The standard InChI is InChI=1S/C13H7N3O/c14-7-10-5-6-13(16-9-10)17-12-4-2-1-3-11(12)8-15/h1-6,9H. The molecule has 4 nitrogen and oxygen atoms in total. The third-order valence-electron chi connectivity index (χ3n) is 2.09. The minimum absolute atomic E-state index is 0.353. The maximum atomic E-state index is 8.89. The van der Waals surface area contributed by atoms with Crippen LogP contribution in [0.25, 0.3) is 0 Å². The summed E-state index contributed by atoms with van der Waals surface area (Å²) in [6.07, 6.45) is 1.42. The molecule has 0 aliphatic rings. The molecule has 4 heteroatoms. The van der Waals surface area contributed by atoms with Gasteiger partial charge >= 0.3 is 0 Å². The van der Waals surface area contributed by atoms with E-state index < -0.39 is 0 Å². The molecule has 1 heterocycles. The molecule has 0 amide bonds. The van der Waals surface area contributed by atoms with Gasteiger partial charge in [0.1, 0.15) is 17.9 Å². The van der Waals surface area contributed by atoms with Gasteiger partial charge in [-0.1, -0.05) is 12.1 Å². The Morgan fingerprint density at radius 1 is 1.00 bits per heavy atom. The van der Waals surface area contributed by atoms with E-state index in [1.807, 2.05) is 12.1 Å². The smallest absolute Gasteiger partial charge is 0.219 e. The predicted octanol–water partition coefficient (Wildman–Crippen LogP) is 2.62. The zero-order chi connectivity index (χ0) is 12.1. The van der Waals surface area contributed by atoms with Crippen molar-refractivity contribution in [3.63, 3.8) is 0 Å². The van der Waals surface area contributed by atoms with Gasteiger partial charge in [-0.25, -0.2) is 4.98 Å². The zero-order valence-corrected chi connectivity index (χ0v) is 8.79. The lowest BCUT2D eigenvalue weighted by atomic mass is 10.2. The second kappa shape index (κ2) is 4.78. The van der Waals surface area contributed by atoms with E-state index in [9.17, 15) is 0 Å². The van der Waals surface area contributed by atoms with Crippen molar-refractivity contribution >= 4 is 0 Å². The fourth-order valence-electron chi connectivity index (χ4n) is 1.27. The summed E-state index contributed by atoms with van der Waals surface area (Å²) in [5.41, 5.74) is 0.907. The predicted molar refractivity (Wildman–Crippen MR) is 60.2 cm³/mol. The Kier molecular flexibility index (Phi) is 3.00. The van der Waals surface area contributed by atoms with E-state index in [1.54, 1.807) is 36.4 Å². The minimum Gasteiger partial charge on any atom is -0.438 e. The van der Waals surface area contributed by atoms with Crippen LogP contribution in [0.4, 0.5) is 0 Å². The van der Waals surface area contributed by atoms with Crippen LogP contribution in [-0.2, 0) is 0 Å². The fraction of sp³-hybridized carbons (Fsp3) is 0. The summed E-state index contributed by atoms with van der Waals surface area (Å²) in [5.74, 6) is 0.805. The molecular weight excluding hydrogens is 214 g/mol. The van der Waals surface area contributed by atoms with E-state index in [1.165, 1.54) is 6.20 Å². The van der Waals surface area contributed by atoms with Crippen LogP contribution in [0, 0.1) is 22.7 Å². The van der Waals surface area contributed by atoms with Crippen molar-refractivity contribution in [3.8, 4) is 23.8 Å². The van der Waals surface area contributed by atoms with Gasteiger partial charge in [-0.3, -0.25) is 0 Å². The molecule has 0 spiro atoms. The van der Waals surface area contributed by atoms with Gasteiger partial charge in [0.2, 0.25) is 5.88 Å². The summed E-state index contributed by atoms with van der Waals surface area (Å²) >= 11 is 0. The number of para-hydroxylation sites is 1. The number of hydrogen-bond donors (Lipinski definition) is 0.